The first kappa shape index (κ1) is 17.4. The van der Waals surface area contributed by atoms with Crippen molar-refractivity contribution in [1.29, 1.82) is 0 Å². The highest BCUT2D eigenvalue weighted by molar-refractivity contribution is 7.80. The highest BCUT2D eigenvalue weighted by Crippen LogP contribution is 2.17. The van der Waals surface area contributed by atoms with Crippen molar-refractivity contribution >= 4 is 23.1 Å². The van der Waals surface area contributed by atoms with E-state index in [4.69, 9.17) is 27.4 Å². The van der Waals surface area contributed by atoms with Crippen LogP contribution in [-0.4, -0.2) is 48.7 Å². The number of benzene rings is 1. The third-order valence-electron chi connectivity index (χ3n) is 2.98. The van der Waals surface area contributed by atoms with Crippen LogP contribution >= 0.6 is 12.2 Å². The van der Waals surface area contributed by atoms with Crippen LogP contribution in [0.5, 0.6) is 5.75 Å². The molecule has 0 unspecified atom stereocenters. The average molecular weight is 310 g/mol. The fourth-order valence-corrected chi connectivity index (χ4v) is 2.05. The molecule has 0 aliphatic carbocycles. The van der Waals surface area contributed by atoms with E-state index in [0.717, 1.165) is 0 Å². The van der Waals surface area contributed by atoms with Crippen molar-refractivity contribution in [3.8, 4) is 5.75 Å². The molecule has 0 heterocycles. The molecule has 1 amide bonds. The number of hydrogen-bond donors (Lipinski definition) is 1. The summed E-state index contributed by atoms with van der Waals surface area (Å²) < 4.78 is 10.6. The van der Waals surface area contributed by atoms with Crippen LogP contribution in [0.3, 0.4) is 0 Å². The largest absolute Gasteiger partial charge is 0.483 e. The van der Waals surface area contributed by atoms with Crippen LogP contribution < -0.4 is 10.5 Å². The second-order valence-electron chi connectivity index (χ2n) is 4.82. The van der Waals surface area contributed by atoms with E-state index in [9.17, 15) is 4.79 Å². The Morgan fingerprint density at radius 2 is 2.05 bits per heavy atom. The van der Waals surface area contributed by atoms with Crippen molar-refractivity contribution in [2.45, 2.75) is 19.9 Å². The average Bonchev–Trinajstić information content (AvgIpc) is 2.45. The second-order valence-corrected chi connectivity index (χ2v) is 5.26. The number of amides is 1. The molecule has 1 aromatic carbocycles. The summed E-state index contributed by atoms with van der Waals surface area (Å²) in [5.41, 5.74) is 6.27. The molecule has 0 saturated heterocycles. The van der Waals surface area contributed by atoms with E-state index in [1.54, 1.807) is 24.1 Å². The van der Waals surface area contributed by atoms with Gasteiger partial charge in [-0.25, -0.2) is 0 Å². The summed E-state index contributed by atoms with van der Waals surface area (Å²) >= 11 is 4.97. The summed E-state index contributed by atoms with van der Waals surface area (Å²) in [4.78, 5) is 14.2. The summed E-state index contributed by atoms with van der Waals surface area (Å²) in [7, 11) is 1.61. The zero-order chi connectivity index (χ0) is 15.8. The number of nitrogens with two attached hydrogens (primary N) is 1. The maximum atomic E-state index is 12.2. The summed E-state index contributed by atoms with van der Waals surface area (Å²) in [5.74, 6) is 0.425. The third kappa shape index (κ3) is 5.32. The minimum Gasteiger partial charge on any atom is -0.483 e. The van der Waals surface area contributed by atoms with Gasteiger partial charge in [-0.15, -0.1) is 0 Å². The predicted molar refractivity (Wildman–Crippen MR) is 86.5 cm³/mol. The standard InChI is InChI=1S/C15H22N2O3S/c1-11(2)17(8-9-19-3)14(18)10-20-13-7-5-4-6-12(13)15(16)21/h4-7,11H,8-10H2,1-3H3,(H2,16,21). The molecule has 0 aliphatic rings. The van der Waals surface area contributed by atoms with Gasteiger partial charge >= 0.3 is 0 Å². The predicted octanol–water partition coefficient (Wildman–Crippen LogP) is 1.58. The minimum atomic E-state index is -0.0974. The number of rotatable bonds is 8. The molecule has 0 radical (unpaired) electrons. The lowest BCUT2D eigenvalue weighted by atomic mass is 10.2. The highest BCUT2D eigenvalue weighted by atomic mass is 32.1. The number of ether oxygens (including phenoxy) is 2. The first-order chi connectivity index (χ1) is 9.97. The molecular weight excluding hydrogens is 288 g/mol. The quantitative estimate of drug-likeness (QED) is 0.739. The molecule has 2 N–H and O–H groups in total. The Morgan fingerprint density at radius 1 is 1.38 bits per heavy atom. The van der Waals surface area contributed by atoms with E-state index in [0.29, 0.717) is 24.5 Å². The molecule has 116 valence electrons. The van der Waals surface area contributed by atoms with Gasteiger partial charge < -0.3 is 20.1 Å². The smallest absolute Gasteiger partial charge is 0.260 e. The van der Waals surface area contributed by atoms with Gasteiger partial charge in [0.2, 0.25) is 0 Å². The Hall–Kier alpha value is -1.66. The number of para-hydroxylation sites is 1. The number of thiocarbonyl (C=S) groups is 1. The zero-order valence-electron chi connectivity index (χ0n) is 12.7. The number of carbonyl (C=O) groups excluding carboxylic acids is 1. The highest BCUT2D eigenvalue weighted by Gasteiger charge is 2.17. The van der Waals surface area contributed by atoms with Crippen molar-refractivity contribution in [1.82, 2.24) is 4.90 Å². The van der Waals surface area contributed by atoms with E-state index in [1.807, 2.05) is 26.0 Å². The van der Waals surface area contributed by atoms with Crippen LogP contribution in [0, 0.1) is 0 Å². The van der Waals surface area contributed by atoms with E-state index in [2.05, 4.69) is 0 Å². The Balaban J connectivity index is 2.69. The maximum absolute atomic E-state index is 12.2. The van der Waals surface area contributed by atoms with Gasteiger partial charge in [-0.2, -0.15) is 0 Å². The molecule has 5 nitrogen and oxygen atoms in total. The topological polar surface area (TPSA) is 64.8 Å². The number of nitrogens with zero attached hydrogens (tertiary/aromatic N) is 1. The van der Waals surface area contributed by atoms with Crippen molar-refractivity contribution in [3.63, 3.8) is 0 Å². The summed E-state index contributed by atoms with van der Waals surface area (Å²) in [6.45, 7) is 4.88. The molecule has 0 bridgehead atoms. The molecule has 0 spiro atoms. The molecule has 0 fully saturated rings. The second kappa shape index (κ2) is 8.59. The normalized spacial score (nSPS) is 10.5. The Labute approximate surface area is 131 Å². The minimum absolute atomic E-state index is 0.0540. The van der Waals surface area contributed by atoms with Crippen molar-refractivity contribution in [3.05, 3.63) is 29.8 Å². The lowest BCUT2D eigenvalue weighted by Crippen LogP contribution is -2.42. The molecule has 1 rings (SSSR count). The Kier molecular flexibility index (Phi) is 7.11. The van der Waals surface area contributed by atoms with Crippen LogP contribution in [-0.2, 0) is 9.53 Å². The monoisotopic (exact) mass is 310 g/mol. The van der Waals surface area contributed by atoms with Crippen LogP contribution in [0.1, 0.15) is 19.4 Å². The van der Waals surface area contributed by atoms with Crippen LogP contribution in [0.15, 0.2) is 24.3 Å². The van der Waals surface area contributed by atoms with Crippen molar-refractivity contribution in [2.24, 2.45) is 5.73 Å². The molecule has 0 atom stereocenters. The first-order valence-corrected chi connectivity index (χ1v) is 7.18. The molecule has 1 aromatic rings. The molecule has 6 heteroatoms. The van der Waals surface area contributed by atoms with Gasteiger partial charge in [0, 0.05) is 19.7 Å². The maximum Gasteiger partial charge on any atom is 0.260 e. The first-order valence-electron chi connectivity index (χ1n) is 6.77. The molecule has 21 heavy (non-hydrogen) atoms. The van der Waals surface area contributed by atoms with Gasteiger partial charge in [0.15, 0.2) is 6.61 Å². The van der Waals surface area contributed by atoms with Crippen LogP contribution in [0.4, 0.5) is 0 Å². The lowest BCUT2D eigenvalue weighted by molar-refractivity contribution is -0.135. The van der Waals surface area contributed by atoms with Gasteiger partial charge in [0.25, 0.3) is 5.91 Å². The Morgan fingerprint density at radius 3 is 2.62 bits per heavy atom. The molecule has 0 aliphatic heterocycles. The van der Waals surface area contributed by atoms with E-state index >= 15 is 0 Å². The van der Waals surface area contributed by atoms with Gasteiger partial charge in [-0.05, 0) is 26.0 Å². The molecular formula is C15H22N2O3S. The van der Waals surface area contributed by atoms with Gasteiger partial charge in [-0.3, -0.25) is 4.79 Å². The summed E-state index contributed by atoms with van der Waals surface area (Å²) in [5, 5.41) is 0. The van der Waals surface area contributed by atoms with Crippen molar-refractivity contribution in [2.75, 3.05) is 26.9 Å². The van der Waals surface area contributed by atoms with E-state index in [1.165, 1.54) is 0 Å². The fourth-order valence-electron chi connectivity index (χ4n) is 1.88. The van der Waals surface area contributed by atoms with E-state index < -0.39 is 0 Å². The fraction of sp³-hybridized carbons (Fsp3) is 0.467. The SMILES string of the molecule is COCCN(C(=O)COc1ccccc1C(N)=S)C(C)C. The van der Waals surface area contributed by atoms with Crippen LogP contribution in [0.25, 0.3) is 0 Å². The summed E-state index contributed by atoms with van der Waals surface area (Å²) in [6.07, 6.45) is 0. The van der Waals surface area contributed by atoms with Crippen molar-refractivity contribution < 1.29 is 14.3 Å². The van der Waals surface area contributed by atoms with Gasteiger partial charge in [0.05, 0.1) is 12.2 Å². The number of hydrogen-bond acceptors (Lipinski definition) is 4. The zero-order valence-corrected chi connectivity index (χ0v) is 13.5. The molecule has 0 saturated carbocycles. The summed E-state index contributed by atoms with van der Waals surface area (Å²) in [6, 6.07) is 7.24. The van der Waals surface area contributed by atoms with Gasteiger partial charge in [0.1, 0.15) is 10.7 Å². The number of methoxy groups -OCH3 is 1. The van der Waals surface area contributed by atoms with E-state index in [-0.39, 0.29) is 23.5 Å². The number of carbonyl (C=O) groups is 1. The third-order valence-corrected chi connectivity index (χ3v) is 3.20. The van der Waals surface area contributed by atoms with Gasteiger partial charge in [-0.1, -0.05) is 24.4 Å². The van der Waals surface area contributed by atoms with Crippen LogP contribution in [0.2, 0.25) is 0 Å². The Bertz CT molecular complexity index is 492. The lowest BCUT2D eigenvalue weighted by Gasteiger charge is -2.26. The molecule has 0 aromatic heterocycles.